The first-order valence-electron chi connectivity index (χ1n) is 11.2. The Morgan fingerprint density at radius 1 is 1.00 bits per heavy atom. The van der Waals surface area contributed by atoms with E-state index < -0.39 is 0 Å². The number of likely N-dealkylation sites (N-methyl/N-ethyl adjacent to an activating group) is 1. The van der Waals surface area contributed by atoms with Gasteiger partial charge in [-0.1, -0.05) is 42.8 Å². The third-order valence-electron chi connectivity index (χ3n) is 6.03. The van der Waals surface area contributed by atoms with Crippen molar-refractivity contribution in [1.82, 2.24) is 9.80 Å². The van der Waals surface area contributed by atoms with Gasteiger partial charge in [0.15, 0.2) is 5.75 Å². The van der Waals surface area contributed by atoms with Crippen molar-refractivity contribution < 1.29 is 9.53 Å². The summed E-state index contributed by atoms with van der Waals surface area (Å²) in [7, 11) is 0. The Hall–Kier alpha value is -3.35. The number of hydrogen-bond donors (Lipinski definition) is 1. The lowest BCUT2D eigenvalue weighted by atomic mass is 10.1. The molecule has 6 nitrogen and oxygen atoms in total. The zero-order chi connectivity index (χ0) is 22.8. The molecule has 0 spiro atoms. The molecule has 0 saturated carbocycles. The van der Waals surface area contributed by atoms with Crippen LogP contribution in [0.3, 0.4) is 0 Å². The van der Waals surface area contributed by atoms with Crippen molar-refractivity contribution in [2.75, 3.05) is 38.0 Å². The zero-order valence-electron chi connectivity index (χ0n) is 18.4. The zero-order valence-corrected chi connectivity index (χ0v) is 19.2. The fraction of sp³-hybridized carbons (Fsp3) is 0.231. The summed E-state index contributed by atoms with van der Waals surface area (Å²) in [5.74, 6) is 2.04. The number of halogens is 1. The van der Waals surface area contributed by atoms with Crippen LogP contribution in [-0.2, 0) is 0 Å². The van der Waals surface area contributed by atoms with Crippen molar-refractivity contribution in [3.63, 3.8) is 0 Å². The van der Waals surface area contributed by atoms with E-state index in [1.165, 1.54) is 0 Å². The number of rotatable bonds is 3. The molecular formula is C26H25ClN4O2. The summed E-state index contributed by atoms with van der Waals surface area (Å²) in [6.45, 7) is 6.95. The number of amidine groups is 1. The van der Waals surface area contributed by atoms with E-state index in [1.807, 2.05) is 42.5 Å². The predicted octanol–water partition coefficient (Wildman–Crippen LogP) is 5.41. The van der Waals surface area contributed by atoms with Gasteiger partial charge in [-0.05, 0) is 49.0 Å². The highest BCUT2D eigenvalue weighted by Gasteiger charge is 2.26. The molecule has 1 N–H and O–H groups in total. The first kappa shape index (κ1) is 21.5. The number of benzene rings is 3. The fourth-order valence-electron chi connectivity index (χ4n) is 4.16. The Kier molecular flexibility index (Phi) is 6.03. The average Bonchev–Trinajstić information content (AvgIpc) is 3.01. The molecule has 0 bridgehead atoms. The van der Waals surface area contributed by atoms with Gasteiger partial charge in [-0.25, -0.2) is 4.99 Å². The molecule has 0 aliphatic carbocycles. The third-order valence-corrected chi connectivity index (χ3v) is 6.36. The maximum atomic E-state index is 12.8. The first-order chi connectivity index (χ1) is 16.1. The fourth-order valence-corrected chi connectivity index (χ4v) is 4.38. The molecule has 0 atom stereocenters. The van der Waals surface area contributed by atoms with E-state index >= 15 is 0 Å². The number of fused-ring (bicyclic) bond motifs is 2. The van der Waals surface area contributed by atoms with Crippen LogP contribution in [0.5, 0.6) is 11.5 Å². The van der Waals surface area contributed by atoms with Crippen LogP contribution < -0.4 is 10.1 Å². The smallest absolute Gasteiger partial charge is 0.257 e. The van der Waals surface area contributed by atoms with Crippen LogP contribution in [0.25, 0.3) is 0 Å². The molecule has 1 saturated heterocycles. The van der Waals surface area contributed by atoms with Gasteiger partial charge in [-0.15, -0.1) is 0 Å². The Morgan fingerprint density at radius 3 is 2.55 bits per heavy atom. The van der Waals surface area contributed by atoms with Crippen LogP contribution in [0.4, 0.5) is 11.4 Å². The van der Waals surface area contributed by atoms with Gasteiger partial charge in [0.1, 0.15) is 17.3 Å². The Balaban J connectivity index is 1.51. The number of carbonyl (C=O) groups excluding carboxylic acids is 1. The molecule has 0 unspecified atom stereocenters. The Bertz CT molecular complexity index is 1220. The second kappa shape index (κ2) is 9.25. The van der Waals surface area contributed by atoms with E-state index in [4.69, 9.17) is 21.3 Å². The van der Waals surface area contributed by atoms with Gasteiger partial charge in [-0.2, -0.15) is 0 Å². The van der Waals surface area contributed by atoms with Gasteiger partial charge in [0.25, 0.3) is 5.91 Å². The predicted molar refractivity (Wildman–Crippen MR) is 132 cm³/mol. The quantitative estimate of drug-likeness (QED) is 0.567. The molecule has 33 heavy (non-hydrogen) atoms. The highest BCUT2D eigenvalue weighted by molar-refractivity contribution is 6.34. The molecule has 1 fully saturated rings. The topological polar surface area (TPSA) is 57.2 Å². The maximum Gasteiger partial charge on any atom is 0.257 e. The summed E-state index contributed by atoms with van der Waals surface area (Å²) in [5, 5.41) is 3.39. The van der Waals surface area contributed by atoms with E-state index in [9.17, 15) is 4.79 Å². The van der Waals surface area contributed by atoms with Gasteiger partial charge in [-0.3, -0.25) is 4.79 Å². The minimum absolute atomic E-state index is 0.256. The minimum atomic E-state index is -0.256. The second-order valence-corrected chi connectivity index (χ2v) is 8.48. The molecule has 3 aromatic carbocycles. The number of carbonyl (C=O) groups is 1. The molecule has 3 aromatic rings. The van der Waals surface area contributed by atoms with Crippen LogP contribution >= 0.6 is 11.6 Å². The summed E-state index contributed by atoms with van der Waals surface area (Å²) in [6.07, 6.45) is 0. The largest absolute Gasteiger partial charge is 0.454 e. The third kappa shape index (κ3) is 4.45. The number of piperazine rings is 1. The molecule has 2 aliphatic rings. The number of hydrogen-bond acceptors (Lipinski definition) is 5. The van der Waals surface area contributed by atoms with E-state index in [-0.39, 0.29) is 5.91 Å². The molecule has 7 heteroatoms. The van der Waals surface area contributed by atoms with Crippen LogP contribution in [-0.4, -0.2) is 54.3 Å². The van der Waals surface area contributed by atoms with Crippen molar-refractivity contribution in [3.05, 3.63) is 82.9 Å². The summed E-state index contributed by atoms with van der Waals surface area (Å²) in [5.41, 5.74) is 2.74. The molecule has 168 valence electrons. The van der Waals surface area contributed by atoms with E-state index in [1.54, 1.807) is 24.3 Å². The lowest BCUT2D eigenvalue weighted by molar-refractivity contribution is 0.102. The maximum absolute atomic E-state index is 12.8. The van der Waals surface area contributed by atoms with Gasteiger partial charge in [0, 0.05) is 31.9 Å². The molecule has 2 heterocycles. The number of para-hydroxylation sites is 2. The van der Waals surface area contributed by atoms with Crippen molar-refractivity contribution >= 4 is 34.7 Å². The number of nitrogens with one attached hydrogen (secondary N) is 1. The van der Waals surface area contributed by atoms with E-state index in [2.05, 4.69) is 22.0 Å². The summed E-state index contributed by atoms with van der Waals surface area (Å²) >= 11 is 6.21. The monoisotopic (exact) mass is 460 g/mol. The van der Waals surface area contributed by atoms with Crippen molar-refractivity contribution in [1.29, 1.82) is 0 Å². The van der Waals surface area contributed by atoms with Crippen molar-refractivity contribution in [2.24, 2.45) is 4.99 Å². The molecule has 1 amide bonds. The summed E-state index contributed by atoms with van der Waals surface area (Å²) < 4.78 is 6.24. The van der Waals surface area contributed by atoms with Gasteiger partial charge in [0.05, 0.1) is 16.1 Å². The van der Waals surface area contributed by atoms with Crippen LogP contribution in [0.1, 0.15) is 22.8 Å². The number of aliphatic imine (C=N–C) groups is 1. The second-order valence-electron chi connectivity index (χ2n) is 8.07. The van der Waals surface area contributed by atoms with Crippen LogP contribution in [0.15, 0.2) is 71.7 Å². The Labute approximate surface area is 198 Å². The molecule has 0 radical (unpaired) electrons. The first-order valence-corrected chi connectivity index (χ1v) is 11.5. The van der Waals surface area contributed by atoms with E-state index in [0.29, 0.717) is 27.8 Å². The average molecular weight is 461 g/mol. The lowest BCUT2D eigenvalue weighted by Crippen LogP contribution is -2.48. The highest BCUT2D eigenvalue weighted by atomic mass is 35.5. The van der Waals surface area contributed by atoms with Gasteiger partial charge >= 0.3 is 0 Å². The molecule has 0 aromatic heterocycles. The number of nitrogens with zero attached hydrogens (tertiary/aromatic N) is 3. The lowest BCUT2D eigenvalue weighted by Gasteiger charge is -2.36. The summed E-state index contributed by atoms with van der Waals surface area (Å²) in [4.78, 5) is 22.6. The molecular weight excluding hydrogens is 436 g/mol. The Morgan fingerprint density at radius 2 is 1.76 bits per heavy atom. The number of anilines is 1. The number of amides is 1. The number of ether oxygens (including phenoxy) is 1. The molecule has 5 rings (SSSR count). The van der Waals surface area contributed by atoms with Crippen LogP contribution in [0, 0.1) is 0 Å². The highest BCUT2D eigenvalue weighted by Crippen LogP contribution is 2.39. The van der Waals surface area contributed by atoms with E-state index in [0.717, 1.165) is 49.8 Å². The van der Waals surface area contributed by atoms with Crippen molar-refractivity contribution in [3.8, 4) is 11.5 Å². The molecule has 2 aliphatic heterocycles. The van der Waals surface area contributed by atoms with Gasteiger partial charge in [0.2, 0.25) is 0 Å². The standard InChI is InChI=1S/C26H25ClN4O2/c1-2-30-13-15-31(16-14-30)25-20-17-18(28-26(32)19-7-3-4-8-21(19)27)11-12-23(20)33-24-10-6-5-9-22(24)29-25/h3-12,17H,2,13-16H2,1H3,(H,28,32). The minimum Gasteiger partial charge on any atom is -0.454 e. The van der Waals surface area contributed by atoms with Crippen molar-refractivity contribution in [2.45, 2.75) is 6.92 Å². The van der Waals surface area contributed by atoms with Gasteiger partial charge < -0.3 is 19.9 Å². The SMILES string of the molecule is CCN1CCN(C2=Nc3ccccc3Oc3ccc(NC(=O)c4ccccc4Cl)cc32)CC1. The van der Waals surface area contributed by atoms with Crippen LogP contribution in [0.2, 0.25) is 5.02 Å². The normalized spacial score (nSPS) is 15.6. The summed E-state index contributed by atoms with van der Waals surface area (Å²) in [6, 6.07) is 20.5.